The normalized spacial score (nSPS) is 11.3. The number of rotatable bonds is 6. The van der Waals surface area contributed by atoms with E-state index < -0.39 is 0 Å². The van der Waals surface area contributed by atoms with Crippen molar-refractivity contribution in [2.45, 2.75) is 0 Å². The SMILES string of the molecule is c1ccc(-c2ccc(N(c3ccc(-c4cc5ccccc5cc4-c4ccccc4)cc3)c3cccc4oc5ccccc5c34)cc2)cc1. The van der Waals surface area contributed by atoms with Gasteiger partial charge in [0.25, 0.3) is 0 Å². The predicted octanol–water partition coefficient (Wildman–Crippen LogP) is 13.2. The van der Waals surface area contributed by atoms with Gasteiger partial charge in [0.1, 0.15) is 11.2 Å². The number of anilines is 3. The molecule has 0 aliphatic rings. The molecule has 2 nitrogen and oxygen atoms in total. The zero-order chi connectivity index (χ0) is 31.9. The molecule has 1 heterocycles. The number of fused-ring (bicyclic) bond motifs is 4. The van der Waals surface area contributed by atoms with Gasteiger partial charge in [0.05, 0.1) is 11.1 Å². The zero-order valence-corrected chi connectivity index (χ0v) is 26.3. The quantitative estimate of drug-likeness (QED) is 0.185. The predicted molar refractivity (Wildman–Crippen MR) is 202 cm³/mol. The molecule has 2 heteroatoms. The van der Waals surface area contributed by atoms with Gasteiger partial charge in [0.15, 0.2) is 0 Å². The van der Waals surface area contributed by atoms with Crippen LogP contribution in [0.1, 0.15) is 0 Å². The molecule has 9 aromatic rings. The lowest BCUT2D eigenvalue weighted by atomic mass is 9.91. The highest BCUT2D eigenvalue weighted by Gasteiger charge is 2.20. The highest BCUT2D eigenvalue weighted by molar-refractivity contribution is 6.13. The second-order valence-electron chi connectivity index (χ2n) is 12.2. The van der Waals surface area contributed by atoms with E-state index in [9.17, 15) is 0 Å². The molecule has 0 amide bonds. The van der Waals surface area contributed by atoms with Crippen LogP contribution in [0.4, 0.5) is 17.1 Å². The van der Waals surface area contributed by atoms with Crippen molar-refractivity contribution in [1.82, 2.24) is 0 Å². The average Bonchev–Trinajstić information content (AvgIpc) is 3.55. The summed E-state index contributed by atoms with van der Waals surface area (Å²) >= 11 is 0. The number of hydrogen-bond acceptors (Lipinski definition) is 2. The Labute approximate surface area is 279 Å². The Kier molecular flexibility index (Phi) is 6.84. The van der Waals surface area contributed by atoms with E-state index in [1.54, 1.807) is 0 Å². The lowest BCUT2D eigenvalue weighted by Gasteiger charge is -2.27. The fourth-order valence-corrected chi connectivity index (χ4v) is 6.93. The van der Waals surface area contributed by atoms with E-state index in [-0.39, 0.29) is 0 Å². The Hall–Kier alpha value is -6.38. The van der Waals surface area contributed by atoms with Crippen LogP contribution in [0.25, 0.3) is 66.1 Å². The molecular weight excluding hydrogens is 583 g/mol. The zero-order valence-electron chi connectivity index (χ0n) is 26.3. The summed E-state index contributed by atoms with van der Waals surface area (Å²) in [7, 11) is 0. The summed E-state index contributed by atoms with van der Waals surface area (Å²) < 4.78 is 6.33. The van der Waals surface area contributed by atoms with Crippen LogP contribution in [0, 0.1) is 0 Å². The summed E-state index contributed by atoms with van der Waals surface area (Å²) in [6, 6.07) is 66.9. The van der Waals surface area contributed by atoms with Crippen molar-refractivity contribution >= 4 is 49.8 Å². The Morgan fingerprint density at radius 2 is 0.833 bits per heavy atom. The lowest BCUT2D eigenvalue weighted by molar-refractivity contribution is 0.669. The maximum absolute atomic E-state index is 6.33. The van der Waals surface area contributed by atoms with E-state index in [1.165, 1.54) is 44.2 Å². The van der Waals surface area contributed by atoms with E-state index in [1.807, 2.05) is 12.1 Å². The molecule has 0 N–H and O–H groups in total. The second-order valence-corrected chi connectivity index (χ2v) is 12.2. The molecule has 9 rings (SSSR count). The smallest absolute Gasteiger partial charge is 0.137 e. The number of benzene rings is 8. The summed E-state index contributed by atoms with van der Waals surface area (Å²) in [6.07, 6.45) is 0. The Morgan fingerprint density at radius 1 is 0.354 bits per heavy atom. The van der Waals surface area contributed by atoms with E-state index >= 15 is 0 Å². The van der Waals surface area contributed by atoms with Crippen molar-refractivity contribution in [2.75, 3.05) is 4.90 Å². The van der Waals surface area contributed by atoms with Crippen molar-refractivity contribution in [3.63, 3.8) is 0 Å². The first-order valence-electron chi connectivity index (χ1n) is 16.3. The molecular formula is C46H31NO. The minimum atomic E-state index is 0.875. The summed E-state index contributed by atoms with van der Waals surface area (Å²) in [6.45, 7) is 0. The van der Waals surface area contributed by atoms with Gasteiger partial charge < -0.3 is 9.32 Å². The monoisotopic (exact) mass is 613 g/mol. The van der Waals surface area contributed by atoms with Crippen LogP contribution in [0.5, 0.6) is 0 Å². The molecule has 0 aliphatic heterocycles. The first-order chi connectivity index (χ1) is 23.8. The van der Waals surface area contributed by atoms with E-state index in [0.717, 1.165) is 39.0 Å². The molecule has 0 fully saturated rings. The molecule has 0 atom stereocenters. The van der Waals surface area contributed by atoms with Crippen molar-refractivity contribution in [3.8, 4) is 33.4 Å². The topological polar surface area (TPSA) is 16.4 Å². The van der Waals surface area contributed by atoms with Crippen LogP contribution in [0.15, 0.2) is 192 Å². The van der Waals surface area contributed by atoms with Gasteiger partial charge in [0.2, 0.25) is 0 Å². The molecule has 0 radical (unpaired) electrons. The van der Waals surface area contributed by atoms with E-state index in [0.29, 0.717) is 0 Å². The van der Waals surface area contributed by atoms with Gasteiger partial charge in [-0.1, -0.05) is 133 Å². The first kappa shape index (κ1) is 27.9. The van der Waals surface area contributed by atoms with Gasteiger partial charge in [-0.25, -0.2) is 0 Å². The maximum atomic E-state index is 6.33. The number of furan rings is 1. The van der Waals surface area contributed by atoms with Crippen LogP contribution in [-0.4, -0.2) is 0 Å². The number of para-hydroxylation sites is 1. The summed E-state index contributed by atoms with van der Waals surface area (Å²) in [5, 5.41) is 4.68. The maximum Gasteiger partial charge on any atom is 0.137 e. The second kappa shape index (κ2) is 11.8. The van der Waals surface area contributed by atoms with Gasteiger partial charge >= 0.3 is 0 Å². The Morgan fingerprint density at radius 3 is 1.48 bits per heavy atom. The Bertz CT molecular complexity index is 2530. The number of nitrogens with zero attached hydrogens (tertiary/aromatic N) is 1. The highest BCUT2D eigenvalue weighted by atomic mass is 16.3. The minimum absolute atomic E-state index is 0.875. The summed E-state index contributed by atoms with van der Waals surface area (Å²) in [5.41, 5.74) is 12.2. The molecule has 226 valence electrons. The molecule has 0 saturated heterocycles. The summed E-state index contributed by atoms with van der Waals surface area (Å²) in [4.78, 5) is 2.35. The van der Waals surface area contributed by atoms with E-state index in [2.05, 4.69) is 181 Å². The minimum Gasteiger partial charge on any atom is -0.456 e. The molecule has 48 heavy (non-hydrogen) atoms. The van der Waals surface area contributed by atoms with Gasteiger partial charge in [-0.15, -0.1) is 0 Å². The lowest BCUT2D eigenvalue weighted by Crippen LogP contribution is -2.10. The molecule has 0 unspecified atom stereocenters. The third-order valence-electron chi connectivity index (χ3n) is 9.26. The van der Waals surface area contributed by atoms with Crippen LogP contribution in [0.3, 0.4) is 0 Å². The fourth-order valence-electron chi connectivity index (χ4n) is 6.93. The first-order valence-corrected chi connectivity index (χ1v) is 16.3. The standard InChI is InChI=1S/C46H31NO/c1-3-12-32(13-4-1)33-22-26-38(27-23-33)47(43-19-11-21-45-46(43)40-18-9-10-20-44(40)48-45)39-28-24-35(25-29-39)42-31-37-17-8-7-16-36(37)30-41(42)34-14-5-2-6-15-34/h1-31H. The van der Waals surface area contributed by atoms with Crippen molar-refractivity contribution in [1.29, 1.82) is 0 Å². The van der Waals surface area contributed by atoms with Gasteiger partial charge in [-0.3, -0.25) is 0 Å². The van der Waals surface area contributed by atoms with Crippen LogP contribution in [-0.2, 0) is 0 Å². The molecule has 0 spiro atoms. The van der Waals surface area contributed by atoms with Crippen molar-refractivity contribution in [2.24, 2.45) is 0 Å². The van der Waals surface area contributed by atoms with Gasteiger partial charge in [0, 0.05) is 16.8 Å². The molecule has 0 saturated carbocycles. The van der Waals surface area contributed by atoms with E-state index in [4.69, 9.17) is 4.42 Å². The largest absolute Gasteiger partial charge is 0.456 e. The third-order valence-corrected chi connectivity index (χ3v) is 9.26. The van der Waals surface area contributed by atoms with Crippen molar-refractivity contribution in [3.05, 3.63) is 188 Å². The van der Waals surface area contributed by atoms with Gasteiger partial charge in [-0.05, 0) is 98.8 Å². The highest BCUT2D eigenvalue weighted by Crippen LogP contribution is 2.44. The molecule has 1 aromatic heterocycles. The van der Waals surface area contributed by atoms with Crippen LogP contribution >= 0.6 is 0 Å². The van der Waals surface area contributed by atoms with Crippen molar-refractivity contribution < 1.29 is 4.42 Å². The third kappa shape index (κ3) is 4.92. The summed E-state index contributed by atoms with van der Waals surface area (Å²) in [5.74, 6) is 0. The number of hydrogen-bond donors (Lipinski definition) is 0. The Balaban J connectivity index is 1.21. The molecule has 0 bridgehead atoms. The van der Waals surface area contributed by atoms with Crippen LogP contribution < -0.4 is 4.90 Å². The average molecular weight is 614 g/mol. The van der Waals surface area contributed by atoms with Crippen LogP contribution in [0.2, 0.25) is 0 Å². The molecule has 0 aliphatic carbocycles. The fraction of sp³-hybridized carbons (Fsp3) is 0. The van der Waals surface area contributed by atoms with Gasteiger partial charge in [-0.2, -0.15) is 0 Å². The molecule has 8 aromatic carbocycles.